The molecule has 2 aromatic carbocycles. The van der Waals surface area contributed by atoms with Crippen molar-refractivity contribution in [3.63, 3.8) is 0 Å². The van der Waals surface area contributed by atoms with Gasteiger partial charge in [-0.1, -0.05) is 42.0 Å². The molecule has 0 spiro atoms. The zero-order valence-corrected chi connectivity index (χ0v) is 16.5. The third-order valence-corrected chi connectivity index (χ3v) is 5.17. The van der Waals surface area contributed by atoms with Crippen LogP contribution in [0.4, 0.5) is 9.18 Å². The number of hydrogen-bond donors (Lipinski definition) is 1. The summed E-state index contributed by atoms with van der Waals surface area (Å²) < 4.78 is 13.8. The number of piperazine rings is 1. The van der Waals surface area contributed by atoms with Crippen LogP contribution in [0.25, 0.3) is 0 Å². The second-order valence-electron chi connectivity index (χ2n) is 7.36. The molecule has 0 bridgehead atoms. The number of amides is 3. The van der Waals surface area contributed by atoms with Gasteiger partial charge in [0, 0.05) is 25.2 Å². The highest BCUT2D eigenvalue weighted by atomic mass is 19.1. The molecule has 0 radical (unpaired) electrons. The van der Waals surface area contributed by atoms with Crippen LogP contribution in [0.15, 0.2) is 42.5 Å². The fraction of sp³-hybridized carbons (Fsp3) is 0.364. The van der Waals surface area contributed by atoms with E-state index < -0.39 is 0 Å². The van der Waals surface area contributed by atoms with Crippen molar-refractivity contribution in [2.75, 3.05) is 19.6 Å². The fourth-order valence-electron chi connectivity index (χ4n) is 3.46. The Bertz CT molecular complexity index is 884. The number of aryl methyl sites for hydroxylation is 2. The first-order chi connectivity index (χ1) is 13.3. The lowest BCUT2D eigenvalue weighted by atomic mass is 10.00. The van der Waals surface area contributed by atoms with E-state index in [2.05, 4.69) is 11.4 Å². The van der Waals surface area contributed by atoms with Crippen molar-refractivity contribution in [3.05, 3.63) is 70.5 Å². The number of hydrogen-bond acceptors (Lipinski definition) is 2. The Morgan fingerprint density at radius 1 is 1.18 bits per heavy atom. The van der Waals surface area contributed by atoms with E-state index in [0.717, 1.165) is 16.7 Å². The molecule has 3 rings (SSSR count). The maximum Gasteiger partial charge on any atom is 0.318 e. The number of carbonyl (C=O) groups excluding carboxylic acids is 2. The van der Waals surface area contributed by atoms with Crippen LogP contribution >= 0.6 is 0 Å². The fourth-order valence-corrected chi connectivity index (χ4v) is 3.46. The highest BCUT2D eigenvalue weighted by Crippen LogP contribution is 2.19. The number of halogens is 1. The molecule has 0 unspecified atom stereocenters. The van der Waals surface area contributed by atoms with E-state index in [-0.39, 0.29) is 36.9 Å². The summed E-state index contributed by atoms with van der Waals surface area (Å²) in [5, 5.41) is 2.98. The summed E-state index contributed by atoms with van der Waals surface area (Å²) in [5.74, 6) is -0.498. The summed E-state index contributed by atoms with van der Waals surface area (Å²) in [6.07, 6.45) is 0. The minimum atomic E-state index is -0.321. The minimum absolute atomic E-state index is 0.000193. The van der Waals surface area contributed by atoms with Crippen LogP contribution in [-0.2, 0) is 11.3 Å². The summed E-state index contributed by atoms with van der Waals surface area (Å²) in [6.45, 7) is 7.01. The van der Waals surface area contributed by atoms with Gasteiger partial charge in [0.1, 0.15) is 12.4 Å². The van der Waals surface area contributed by atoms with Crippen LogP contribution < -0.4 is 5.32 Å². The van der Waals surface area contributed by atoms with E-state index in [9.17, 15) is 14.0 Å². The van der Waals surface area contributed by atoms with Crippen molar-refractivity contribution in [3.8, 4) is 0 Å². The van der Waals surface area contributed by atoms with Crippen molar-refractivity contribution in [1.82, 2.24) is 15.1 Å². The summed E-state index contributed by atoms with van der Waals surface area (Å²) in [7, 11) is 0. The first-order valence-corrected chi connectivity index (χ1v) is 9.49. The van der Waals surface area contributed by atoms with Crippen LogP contribution in [0.5, 0.6) is 0 Å². The summed E-state index contributed by atoms with van der Waals surface area (Å²) in [6, 6.07) is 12.2. The lowest BCUT2D eigenvalue weighted by Crippen LogP contribution is -2.54. The highest BCUT2D eigenvalue weighted by molar-refractivity contribution is 5.85. The van der Waals surface area contributed by atoms with Gasteiger partial charge in [-0.3, -0.25) is 4.79 Å². The molecule has 1 aliphatic rings. The van der Waals surface area contributed by atoms with Crippen molar-refractivity contribution in [2.45, 2.75) is 33.4 Å². The molecule has 1 N–H and O–H groups in total. The molecule has 1 heterocycles. The molecule has 0 aliphatic carbocycles. The van der Waals surface area contributed by atoms with Crippen molar-refractivity contribution >= 4 is 11.9 Å². The molecule has 2 aromatic rings. The van der Waals surface area contributed by atoms with Gasteiger partial charge in [-0.25, -0.2) is 9.18 Å². The van der Waals surface area contributed by atoms with E-state index in [4.69, 9.17) is 0 Å². The van der Waals surface area contributed by atoms with Gasteiger partial charge < -0.3 is 15.1 Å². The van der Waals surface area contributed by atoms with Gasteiger partial charge in [0.15, 0.2) is 0 Å². The molecule has 0 saturated carbocycles. The molecule has 1 atom stereocenters. The van der Waals surface area contributed by atoms with Gasteiger partial charge in [0.25, 0.3) is 0 Å². The van der Waals surface area contributed by atoms with Gasteiger partial charge in [-0.2, -0.15) is 0 Å². The molecule has 148 valence electrons. The first-order valence-electron chi connectivity index (χ1n) is 9.49. The van der Waals surface area contributed by atoms with E-state index in [0.29, 0.717) is 18.7 Å². The van der Waals surface area contributed by atoms with Crippen LogP contribution in [0, 0.1) is 19.7 Å². The number of urea groups is 1. The van der Waals surface area contributed by atoms with Crippen molar-refractivity contribution in [1.29, 1.82) is 0 Å². The largest absolute Gasteiger partial charge is 0.335 e. The SMILES string of the molecule is Cc1ccc(C)c([C@H](C)NC(=O)N2CCN(Cc3ccccc3F)C(=O)C2)c1. The standard InChI is InChI=1S/C22H26FN3O2/c1-15-8-9-16(2)19(12-15)17(3)24-22(28)26-11-10-25(21(27)14-26)13-18-6-4-5-7-20(18)23/h4-9,12,17H,10-11,13-14H2,1-3H3,(H,24,28)/t17-/m0/s1. The van der Waals surface area contributed by atoms with Gasteiger partial charge in [-0.05, 0) is 38.0 Å². The normalized spacial score (nSPS) is 15.5. The molecule has 0 aromatic heterocycles. The lowest BCUT2D eigenvalue weighted by Gasteiger charge is -2.35. The predicted octanol–water partition coefficient (Wildman–Crippen LogP) is 3.56. The molecule has 1 aliphatic heterocycles. The molecular formula is C22H26FN3O2. The Kier molecular flexibility index (Phi) is 5.97. The van der Waals surface area contributed by atoms with Crippen molar-refractivity contribution in [2.24, 2.45) is 0 Å². The topological polar surface area (TPSA) is 52.7 Å². The van der Waals surface area contributed by atoms with Crippen LogP contribution in [-0.4, -0.2) is 41.4 Å². The highest BCUT2D eigenvalue weighted by Gasteiger charge is 2.28. The van der Waals surface area contributed by atoms with E-state index in [1.54, 1.807) is 23.1 Å². The Labute approximate surface area is 165 Å². The van der Waals surface area contributed by atoms with E-state index >= 15 is 0 Å². The maximum absolute atomic E-state index is 13.8. The zero-order valence-electron chi connectivity index (χ0n) is 16.5. The first kappa shape index (κ1) is 19.9. The molecule has 28 heavy (non-hydrogen) atoms. The second kappa shape index (κ2) is 8.42. The van der Waals surface area contributed by atoms with Crippen LogP contribution in [0.2, 0.25) is 0 Å². The van der Waals surface area contributed by atoms with Gasteiger partial charge in [0.05, 0.1) is 6.04 Å². The third-order valence-electron chi connectivity index (χ3n) is 5.17. The monoisotopic (exact) mass is 383 g/mol. The van der Waals surface area contributed by atoms with E-state index in [1.165, 1.54) is 11.0 Å². The number of benzene rings is 2. The summed E-state index contributed by atoms with van der Waals surface area (Å²) in [4.78, 5) is 28.2. The van der Waals surface area contributed by atoms with E-state index in [1.807, 2.05) is 32.9 Å². The molecule has 5 nitrogen and oxygen atoms in total. The van der Waals surface area contributed by atoms with Crippen molar-refractivity contribution < 1.29 is 14.0 Å². The molecule has 6 heteroatoms. The Balaban J connectivity index is 1.59. The number of nitrogens with zero attached hydrogens (tertiary/aromatic N) is 2. The molecule has 1 fully saturated rings. The third kappa shape index (κ3) is 4.50. The quantitative estimate of drug-likeness (QED) is 0.878. The summed E-state index contributed by atoms with van der Waals surface area (Å²) in [5.41, 5.74) is 3.80. The predicted molar refractivity (Wildman–Crippen MR) is 106 cm³/mol. The Hall–Kier alpha value is -2.89. The van der Waals surface area contributed by atoms with Gasteiger partial charge >= 0.3 is 6.03 Å². The smallest absolute Gasteiger partial charge is 0.318 e. The number of carbonyl (C=O) groups is 2. The molecule has 1 saturated heterocycles. The van der Waals surface area contributed by atoms with Crippen LogP contribution in [0.1, 0.15) is 35.2 Å². The Morgan fingerprint density at radius 2 is 1.93 bits per heavy atom. The Morgan fingerprint density at radius 3 is 2.64 bits per heavy atom. The molecule has 3 amide bonds. The average Bonchev–Trinajstić information content (AvgIpc) is 2.66. The minimum Gasteiger partial charge on any atom is -0.335 e. The molecular weight excluding hydrogens is 357 g/mol. The van der Waals surface area contributed by atoms with Crippen LogP contribution in [0.3, 0.4) is 0 Å². The average molecular weight is 383 g/mol. The number of nitrogens with one attached hydrogen (secondary N) is 1. The van der Waals surface area contributed by atoms with Gasteiger partial charge in [-0.15, -0.1) is 0 Å². The lowest BCUT2D eigenvalue weighted by molar-refractivity contribution is -0.135. The summed E-state index contributed by atoms with van der Waals surface area (Å²) >= 11 is 0. The van der Waals surface area contributed by atoms with Gasteiger partial charge in [0.2, 0.25) is 5.91 Å². The second-order valence-corrected chi connectivity index (χ2v) is 7.36. The maximum atomic E-state index is 13.8. The number of rotatable bonds is 4. The zero-order chi connectivity index (χ0) is 20.3.